The molecule has 1 heterocycles. The molecule has 0 spiro atoms. The van der Waals surface area contributed by atoms with Crippen molar-refractivity contribution < 1.29 is 26.8 Å². The van der Waals surface area contributed by atoms with Gasteiger partial charge in [0, 0.05) is 7.11 Å². The molecule has 1 rings (SSSR count). The maximum absolute atomic E-state index is 11.0. The van der Waals surface area contributed by atoms with Crippen molar-refractivity contribution >= 4 is 17.3 Å². The first-order chi connectivity index (χ1) is 6.24. The van der Waals surface area contributed by atoms with E-state index in [0.717, 1.165) is 0 Å². The van der Waals surface area contributed by atoms with Crippen LogP contribution in [0.25, 0.3) is 0 Å². The third-order valence-corrected chi connectivity index (χ3v) is 2.02. The zero-order valence-electron chi connectivity index (χ0n) is 7.06. The van der Waals surface area contributed by atoms with Crippen molar-refractivity contribution in [2.45, 2.75) is 6.10 Å². The fourth-order valence-corrected chi connectivity index (χ4v) is 1.31. The Hall–Kier alpha value is -0.500. The van der Waals surface area contributed by atoms with Gasteiger partial charge in [0.05, 0.1) is 6.61 Å². The molecule has 0 bridgehead atoms. The highest BCUT2D eigenvalue weighted by Crippen LogP contribution is 2.09. The number of hydrogen-bond acceptors (Lipinski definition) is 6. The predicted octanol–water partition coefficient (Wildman–Crippen LogP) is -0.830. The molecule has 0 aromatic carbocycles. The zero-order valence-corrected chi connectivity index (χ0v) is 7.87. The van der Waals surface area contributed by atoms with E-state index in [4.69, 9.17) is 4.74 Å². The van der Waals surface area contributed by atoms with E-state index in [-0.39, 0.29) is 13.2 Å². The minimum absolute atomic E-state index is 0.0293. The first kappa shape index (κ1) is 10.6. The normalized spacial score (nSPS) is 27.5. The maximum atomic E-state index is 11.0. The molecule has 1 aliphatic rings. The second-order valence-electron chi connectivity index (χ2n) is 2.23. The van der Waals surface area contributed by atoms with Crippen LogP contribution < -0.4 is 0 Å². The van der Waals surface area contributed by atoms with Gasteiger partial charge in [0.25, 0.3) is 0 Å². The number of ether oxygens (including phenoxy) is 2. The summed E-state index contributed by atoms with van der Waals surface area (Å²) in [6, 6.07) is 0. The van der Waals surface area contributed by atoms with Crippen LogP contribution in [0.5, 0.6) is 0 Å². The van der Waals surface area contributed by atoms with Gasteiger partial charge < -0.3 is 9.47 Å². The molecule has 2 unspecified atom stereocenters. The number of methoxy groups -OCH3 is 1. The first-order valence-corrected chi connectivity index (χ1v) is 4.62. The lowest BCUT2D eigenvalue weighted by atomic mass is 10.4. The predicted molar refractivity (Wildman–Crippen MR) is 41.8 cm³/mol. The summed E-state index contributed by atoms with van der Waals surface area (Å²) in [5.74, 6) is -0.581. The van der Waals surface area contributed by atoms with E-state index < -0.39 is 23.4 Å². The summed E-state index contributed by atoms with van der Waals surface area (Å²) >= 11 is -1.81. The fraction of sp³-hybridized carbons (Fsp3) is 0.833. The average Bonchev–Trinajstić information content (AvgIpc) is 2.52. The Bertz CT molecular complexity index is 205. The molecule has 0 saturated carbocycles. The van der Waals surface area contributed by atoms with E-state index in [2.05, 4.69) is 13.1 Å². The standard InChI is InChI=1S/C6H10O6S/c1-9-2-3-10-6(7)5-4-11-13(8)12-5/h5H,2-4H2,1H3. The van der Waals surface area contributed by atoms with Gasteiger partial charge in [-0.15, -0.1) is 0 Å². The highest BCUT2D eigenvalue weighted by atomic mass is 32.2. The Kier molecular flexibility index (Phi) is 4.29. The average molecular weight is 210 g/mol. The summed E-state index contributed by atoms with van der Waals surface area (Å²) in [5, 5.41) is 0. The largest absolute Gasteiger partial charge is 0.461 e. The monoisotopic (exact) mass is 210 g/mol. The van der Waals surface area contributed by atoms with Crippen molar-refractivity contribution in [1.29, 1.82) is 0 Å². The number of carbonyl (C=O) groups is 1. The van der Waals surface area contributed by atoms with E-state index in [1.54, 1.807) is 0 Å². The molecule has 13 heavy (non-hydrogen) atoms. The van der Waals surface area contributed by atoms with Crippen molar-refractivity contribution in [2.24, 2.45) is 0 Å². The molecule has 0 aromatic rings. The van der Waals surface area contributed by atoms with Crippen molar-refractivity contribution in [3.63, 3.8) is 0 Å². The van der Waals surface area contributed by atoms with Gasteiger partial charge in [0.15, 0.2) is 6.10 Å². The molecule has 0 N–H and O–H groups in total. The lowest BCUT2D eigenvalue weighted by molar-refractivity contribution is -0.152. The second kappa shape index (κ2) is 5.28. The summed E-state index contributed by atoms with van der Waals surface area (Å²) in [4.78, 5) is 11.0. The van der Waals surface area contributed by atoms with Crippen LogP contribution in [-0.4, -0.2) is 43.2 Å². The molecule has 76 valence electrons. The molecule has 1 saturated heterocycles. The van der Waals surface area contributed by atoms with Gasteiger partial charge >= 0.3 is 17.3 Å². The van der Waals surface area contributed by atoms with Crippen molar-refractivity contribution in [1.82, 2.24) is 0 Å². The van der Waals surface area contributed by atoms with Gasteiger partial charge in [-0.25, -0.2) is 4.79 Å². The molecule has 1 fully saturated rings. The third-order valence-electron chi connectivity index (χ3n) is 1.31. The summed E-state index contributed by atoms with van der Waals surface area (Å²) in [6.45, 7) is 0.447. The Balaban J connectivity index is 2.20. The van der Waals surface area contributed by atoms with Crippen LogP contribution in [0, 0.1) is 0 Å². The van der Waals surface area contributed by atoms with Gasteiger partial charge in [-0.3, -0.25) is 8.37 Å². The summed E-state index contributed by atoms with van der Waals surface area (Å²) in [5.41, 5.74) is 0. The SMILES string of the molecule is COCCOC(=O)C1COS(=O)O1. The summed E-state index contributed by atoms with van der Waals surface area (Å²) in [6.07, 6.45) is -0.877. The molecule has 0 aliphatic carbocycles. The Morgan fingerprint density at radius 1 is 1.62 bits per heavy atom. The molecule has 6 nitrogen and oxygen atoms in total. The first-order valence-electron chi connectivity index (χ1n) is 3.62. The molecule has 0 aromatic heterocycles. The van der Waals surface area contributed by atoms with Gasteiger partial charge in [-0.2, -0.15) is 4.21 Å². The third kappa shape index (κ3) is 3.39. The van der Waals surface area contributed by atoms with Crippen molar-refractivity contribution in [3.05, 3.63) is 0 Å². The summed E-state index contributed by atoms with van der Waals surface area (Å²) in [7, 11) is 1.50. The molecular weight excluding hydrogens is 200 g/mol. The van der Waals surface area contributed by atoms with Crippen LogP contribution in [0.2, 0.25) is 0 Å². The van der Waals surface area contributed by atoms with Crippen LogP contribution in [-0.2, 0) is 34.0 Å². The molecular formula is C6H10O6S. The number of esters is 1. The van der Waals surface area contributed by atoms with Crippen LogP contribution >= 0.6 is 0 Å². The molecule has 1 aliphatic heterocycles. The highest BCUT2D eigenvalue weighted by molar-refractivity contribution is 7.75. The van der Waals surface area contributed by atoms with E-state index in [1.165, 1.54) is 7.11 Å². The molecule has 0 radical (unpaired) electrons. The quantitative estimate of drug-likeness (QED) is 0.445. The number of carbonyl (C=O) groups excluding carboxylic acids is 1. The van der Waals surface area contributed by atoms with Crippen LogP contribution in [0.4, 0.5) is 0 Å². The number of hydrogen-bond donors (Lipinski definition) is 0. The minimum atomic E-state index is -1.81. The van der Waals surface area contributed by atoms with Crippen LogP contribution in [0.1, 0.15) is 0 Å². The Morgan fingerprint density at radius 2 is 2.38 bits per heavy atom. The second-order valence-corrected chi connectivity index (χ2v) is 3.07. The Morgan fingerprint density at radius 3 is 2.92 bits per heavy atom. The number of rotatable bonds is 4. The molecule has 0 amide bonds. The highest BCUT2D eigenvalue weighted by Gasteiger charge is 2.31. The van der Waals surface area contributed by atoms with E-state index in [0.29, 0.717) is 6.61 Å². The van der Waals surface area contributed by atoms with Crippen molar-refractivity contribution in [2.75, 3.05) is 26.9 Å². The van der Waals surface area contributed by atoms with E-state index in [9.17, 15) is 9.00 Å². The van der Waals surface area contributed by atoms with Gasteiger partial charge in [-0.1, -0.05) is 0 Å². The summed E-state index contributed by atoms with van der Waals surface area (Å²) < 4.78 is 29.0. The van der Waals surface area contributed by atoms with Gasteiger partial charge in [0.2, 0.25) is 0 Å². The minimum Gasteiger partial charge on any atom is -0.461 e. The smallest absolute Gasteiger partial charge is 0.339 e. The van der Waals surface area contributed by atoms with E-state index >= 15 is 0 Å². The van der Waals surface area contributed by atoms with E-state index in [1.807, 2.05) is 0 Å². The van der Waals surface area contributed by atoms with Crippen molar-refractivity contribution in [3.8, 4) is 0 Å². The van der Waals surface area contributed by atoms with Crippen LogP contribution in [0.15, 0.2) is 0 Å². The van der Waals surface area contributed by atoms with Gasteiger partial charge in [-0.05, 0) is 0 Å². The lowest BCUT2D eigenvalue weighted by Gasteiger charge is -2.05. The fourth-order valence-electron chi connectivity index (χ4n) is 0.694. The maximum Gasteiger partial charge on any atom is 0.339 e. The molecule has 7 heteroatoms. The molecule has 2 atom stereocenters. The zero-order chi connectivity index (χ0) is 9.68. The van der Waals surface area contributed by atoms with Crippen LogP contribution in [0.3, 0.4) is 0 Å². The topological polar surface area (TPSA) is 71.1 Å². The lowest BCUT2D eigenvalue weighted by Crippen LogP contribution is -2.26. The Labute approximate surface area is 78.0 Å². The van der Waals surface area contributed by atoms with Gasteiger partial charge in [0.1, 0.15) is 13.2 Å².